The predicted molar refractivity (Wildman–Crippen MR) is 197 cm³/mol. The number of aromatic nitrogens is 3. The van der Waals surface area contributed by atoms with E-state index in [1.807, 2.05) is 30.7 Å². The number of aliphatic imine (C=N–C) groups is 1. The zero-order valence-corrected chi connectivity index (χ0v) is 31.5. The number of hydrogen-bond donors (Lipinski definition) is 5. The molecule has 0 spiro atoms. The van der Waals surface area contributed by atoms with E-state index < -0.39 is 35.8 Å². The van der Waals surface area contributed by atoms with Crippen LogP contribution < -0.4 is 27.0 Å². The van der Waals surface area contributed by atoms with Crippen LogP contribution in [0.5, 0.6) is 0 Å². The van der Waals surface area contributed by atoms with E-state index in [0.717, 1.165) is 5.56 Å². The van der Waals surface area contributed by atoms with Crippen molar-refractivity contribution in [1.82, 2.24) is 40.9 Å². The van der Waals surface area contributed by atoms with Crippen molar-refractivity contribution in [2.24, 2.45) is 16.6 Å². The molecular formula is C33H46Cl2N10O4S. The third-order valence-corrected chi connectivity index (χ3v) is 9.00. The SMILES string of the molecule is CN=C(NC)NCCC[C@H](NC(=O)c1nc(C)n(-c2cc(Cl)cc(Cl)c2)n1)C(=O)N[C@H](CC(=O)N(C)[C@@H](Cc1ccsc1)C(N)=O)CC(C)C. The largest absolute Gasteiger partial charge is 0.368 e. The average Bonchev–Trinajstić information content (AvgIpc) is 3.71. The van der Waals surface area contributed by atoms with Crippen molar-refractivity contribution >= 4 is 64.1 Å². The Morgan fingerprint density at radius 3 is 2.40 bits per heavy atom. The maximum atomic E-state index is 13.9. The third-order valence-electron chi connectivity index (χ3n) is 7.83. The van der Waals surface area contributed by atoms with Gasteiger partial charge in [0.15, 0.2) is 5.96 Å². The number of thiophene rings is 1. The highest BCUT2D eigenvalue weighted by Crippen LogP contribution is 2.22. The van der Waals surface area contributed by atoms with Gasteiger partial charge in [-0.25, -0.2) is 9.67 Å². The summed E-state index contributed by atoms with van der Waals surface area (Å²) in [6.45, 7) is 6.10. The highest BCUT2D eigenvalue weighted by molar-refractivity contribution is 7.07. The quantitative estimate of drug-likeness (QED) is 0.0791. The summed E-state index contributed by atoms with van der Waals surface area (Å²) < 4.78 is 1.44. The molecule has 50 heavy (non-hydrogen) atoms. The lowest BCUT2D eigenvalue weighted by Gasteiger charge is -2.29. The lowest BCUT2D eigenvalue weighted by Crippen LogP contribution is -2.52. The molecule has 14 nitrogen and oxygen atoms in total. The maximum Gasteiger partial charge on any atom is 0.291 e. The van der Waals surface area contributed by atoms with Gasteiger partial charge in [-0.1, -0.05) is 37.0 Å². The molecule has 1 aromatic carbocycles. The summed E-state index contributed by atoms with van der Waals surface area (Å²) in [6, 6.07) is 4.32. The van der Waals surface area contributed by atoms with Crippen LogP contribution in [-0.4, -0.2) is 95.1 Å². The van der Waals surface area contributed by atoms with Gasteiger partial charge < -0.3 is 31.9 Å². The van der Waals surface area contributed by atoms with Gasteiger partial charge in [-0.15, -0.1) is 5.10 Å². The Hall–Kier alpha value is -4.21. The Bertz CT molecular complexity index is 1630. The van der Waals surface area contributed by atoms with Crippen LogP contribution in [0.25, 0.3) is 5.69 Å². The van der Waals surface area contributed by atoms with Crippen LogP contribution in [0.4, 0.5) is 0 Å². The van der Waals surface area contributed by atoms with E-state index in [9.17, 15) is 19.2 Å². The Labute approximate surface area is 306 Å². The molecule has 6 N–H and O–H groups in total. The first kappa shape index (κ1) is 40.2. The molecule has 0 aliphatic carbocycles. The van der Waals surface area contributed by atoms with E-state index in [2.05, 4.69) is 36.3 Å². The van der Waals surface area contributed by atoms with Gasteiger partial charge in [0.25, 0.3) is 5.91 Å². The van der Waals surface area contributed by atoms with Crippen LogP contribution in [0.15, 0.2) is 40.0 Å². The topological polar surface area (TPSA) is 189 Å². The molecule has 4 amide bonds. The van der Waals surface area contributed by atoms with E-state index in [0.29, 0.717) is 46.9 Å². The molecule has 272 valence electrons. The van der Waals surface area contributed by atoms with E-state index in [1.165, 1.54) is 20.9 Å². The van der Waals surface area contributed by atoms with Gasteiger partial charge in [-0.3, -0.25) is 24.2 Å². The summed E-state index contributed by atoms with van der Waals surface area (Å²) in [5, 5.41) is 20.8. The van der Waals surface area contributed by atoms with Gasteiger partial charge in [0.05, 0.1) is 5.69 Å². The number of likely N-dealkylation sites (N-methyl/N-ethyl adjacent to an activating group) is 1. The van der Waals surface area contributed by atoms with Crippen LogP contribution >= 0.6 is 34.5 Å². The number of carbonyl (C=O) groups excluding carboxylic acids is 4. The van der Waals surface area contributed by atoms with Gasteiger partial charge >= 0.3 is 0 Å². The molecule has 2 aromatic heterocycles. The fourth-order valence-corrected chi connectivity index (χ4v) is 6.53. The highest BCUT2D eigenvalue weighted by atomic mass is 35.5. The number of carbonyl (C=O) groups is 4. The van der Waals surface area contributed by atoms with E-state index in [-0.39, 0.29) is 36.9 Å². The Kier molecular flexibility index (Phi) is 15.5. The number of hydrogen-bond acceptors (Lipinski definition) is 8. The molecule has 0 unspecified atom stereocenters. The van der Waals surface area contributed by atoms with Crippen molar-refractivity contribution in [3.8, 4) is 5.69 Å². The van der Waals surface area contributed by atoms with Gasteiger partial charge in [0.1, 0.15) is 17.9 Å². The number of aryl methyl sites for hydroxylation is 1. The van der Waals surface area contributed by atoms with Gasteiger partial charge in [-0.05, 0) is 72.7 Å². The van der Waals surface area contributed by atoms with Crippen LogP contribution in [0, 0.1) is 12.8 Å². The molecule has 0 aliphatic heterocycles. The van der Waals surface area contributed by atoms with Crippen LogP contribution in [0.2, 0.25) is 10.0 Å². The molecule has 0 saturated heterocycles. The first-order valence-corrected chi connectivity index (χ1v) is 17.9. The Morgan fingerprint density at radius 1 is 1.12 bits per heavy atom. The van der Waals surface area contributed by atoms with Crippen LogP contribution in [-0.2, 0) is 20.8 Å². The number of guanidine groups is 1. The molecule has 3 atom stereocenters. The second-order valence-electron chi connectivity index (χ2n) is 12.2. The molecule has 3 aromatic rings. The zero-order chi connectivity index (χ0) is 37.0. The van der Waals surface area contributed by atoms with Crippen molar-refractivity contribution in [2.75, 3.05) is 27.7 Å². The number of halogens is 2. The summed E-state index contributed by atoms with van der Waals surface area (Å²) in [5.74, 6) is -1.13. The lowest BCUT2D eigenvalue weighted by molar-refractivity contribution is -0.138. The van der Waals surface area contributed by atoms with E-state index in [1.54, 1.807) is 46.3 Å². The van der Waals surface area contributed by atoms with Crippen molar-refractivity contribution < 1.29 is 19.2 Å². The number of nitrogens with one attached hydrogen (secondary N) is 4. The second-order valence-corrected chi connectivity index (χ2v) is 13.9. The zero-order valence-electron chi connectivity index (χ0n) is 29.1. The van der Waals surface area contributed by atoms with Gasteiger partial charge in [0, 0.05) is 56.6 Å². The standard InChI is InChI=1S/C33H46Cl2N10O4S/c1-19(2)12-24(17-28(46)44(6)27(29(36)47)13-21-9-11-50-18-21)41-31(48)26(8-7-10-39-33(37-4)38-5)42-32(49)30-40-20(3)45(43-30)25-15-22(34)14-23(35)16-25/h9,11,14-16,18-19,24,26-27H,7-8,10,12-13,17H2,1-6H3,(H2,36,47)(H,41,48)(H,42,49)(H2,37,38,39)/t24-,26-,27-/m0/s1. The Morgan fingerprint density at radius 2 is 1.82 bits per heavy atom. The molecule has 0 saturated carbocycles. The summed E-state index contributed by atoms with van der Waals surface area (Å²) in [5.41, 5.74) is 7.11. The molecular weight excluding hydrogens is 703 g/mol. The maximum absolute atomic E-state index is 13.9. The van der Waals surface area contributed by atoms with E-state index >= 15 is 0 Å². The van der Waals surface area contributed by atoms with Crippen molar-refractivity contribution in [3.63, 3.8) is 0 Å². The number of nitrogens with two attached hydrogens (primary N) is 1. The molecule has 0 aliphatic rings. The summed E-state index contributed by atoms with van der Waals surface area (Å²) in [4.78, 5) is 62.9. The first-order chi connectivity index (χ1) is 23.7. The molecule has 17 heteroatoms. The fraction of sp³-hybridized carbons (Fsp3) is 0.485. The van der Waals surface area contributed by atoms with E-state index in [4.69, 9.17) is 28.9 Å². The highest BCUT2D eigenvalue weighted by Gasteiger charge is 2.30. The monoisotopic (exact) mass is 748 g/mol. The average molecular weight is 750 g/mol. The minimum absolute atomic E-state index is 0.0676. The molecule has 0 bridgehead atoms. The number of nitrogens with zero attached hydrogens (tertiary/aromatic N) is 5. The van der Waals surface area contributed by atoms with Gasteiger partial charge in [-0.2, -0.15) is 11.3 Å². The van der Waals surface area contributed by atoms with Crippen molar-refractivity contribution in [1.29, 1.82) is 0 Å². The number of benzene rings is 1. The number of primary amides is 1. The molecule has 0 fully saturated rings. The fourth-order valence-electron chi connectivity index (χ4n) is 5.33. The minimum Gasteiger partial charge on any atom is -0.368 e. The normalized spacial score (nSPS) is 13.3. The number of rotatable bonds is 17. The van der Waals surface area contributed by atoms with Gasteiger partial charge in [0.2, 0.25) is 23.5 Å². The predicted octanol–water partition coefficient (Wildman–Crippen LogP) is 3.09. The van der Waals surface area contributed by atoms with Crippen molar-refractivity contribution in [3.05, 3.63) is 62.3 Å². The second kappa shape index (κ2) is 19.3. The molecule has 0 radical (unpaired) electrons. The molecule has 2 heterocycles. The third kappa shape index (κ3) is 12.0. The summed E-state index contributed by atoms with van der Waals surface area (Å²) >= 11 is 13.8. The smallest absolute Gasteiger partial charge is 0.291 e. The summed E-state index contributed by atoms with van der Waals surface area (Å²) in [7, 11) is 4.92. The first-order valence-electron chi connectivity index (χ1n) is 16.2. The summed E-state index contributed by atoms with van der Waals surface area (Å²) in [6.07, 6.45) is 1.44. The minimum atomic E-state index is -0.992. The lowest BCUT2D eigenvalue weighted by atomic mass is 9.98. The van der Waals surface area contributed by atoms with Crippen LogP contribution in [0.3, 0.4) is 0 Å². The van der Waals surface area contributed by atoms with Crippen molar-refractivity contribution in [2.45, 2.75) is 71.0 Å². The number of amides is 4. The Balaban J connectivity index is 1.80. The molecule has 3 rings (SSSR count). The van der Waals surface area contributed by atoms with Crippen LogP contribution in [0.1, 0.15) is 61.5 Å².